The highest BCUT2D eigenvalue weighted by Crippen LogP contribution is 2.22. The van der Waals surface area contributed by atoms with Gasteiger partial charge in [-0.2, -0.15) is 0 Å². The van der Waals surface area contributed by atoms with Crippen LogP contribution in [-0.4, -0.2) is 98.2 Å². The van der Waals surface area contributed by atoms with Crippen molar-refractivity contribution < 1.29 is 0 Å². The summed E-state index contributed by atoms with van der Waals surface area (Å²) >= 11 is 0. The number of hydrogen-bond donors (Lipinski definition) is 4. The lowest BCUT2D eigenvalue weighted by atomic mass is 9.95. The number of piperazine rings is 1. The second-order valence-corrected chi connectivity index (χ2v) is 14.8. The molecular formula is C36H68N8. The molecule has 5 rings (SSSR count). The molecule has 4 aliphatic carbocycles. The van der Waals surface area contributed by atoms with E-state index in [-0.39, 0.29) is 0 Å². The maximum absolute atomic E-state index is 5.19. The zero-order valence-electron chi connectivity index (χ0n) is 28.3. The van der Waals surface area contributed by atoms with E-state index < -0.39 is 0 Å². The van der Waals surface area contributed by atoms with E-state index in [0.29, 0.717) is 24.2 Å². The number of nitrogens with zero attached hydrogens (tertiary/aromatic N) is 4. The zero-order valence-corrected chi connectivity index (χ0v) is 28.3. The summed E-state index contributed by atoms with van der Waals surface area (Å²) in [6, 6.07) is 2.37. The van der Waals surface area contributed by atoms with Crippen LogP contribution in [0.4, 0.5) is 0 Å². The van der Waals surface area contributed by atoms with Gasteiger partial charge in [0.15, 0.2) is 11.9 Å². The van der Waals surface area contributed by atoms with Crippen molar-refractivity contribution >= 4 is 11.9 Å². The third kappa shape index (κ3) is 12.7. The summed E-state index contributed by atoms with van der Waals surface area (Å²) in [4.78, 5) is 15.6. The molecular weight excluding hydrogens is 544 g/mol. The smallest absolute Gasteiger partial charge is 0.191 e. The average molecular weight is 613 g/mol. The van der Waals surface area contributed by atoms with Crippen molar-refractivity contribution in [1.82, 2.24) is 31.1 Å². The molecule has 1 aliphatic heterocycles. The van der Waals surface area contributed by atoms with Crippen LogP contribution in [0.2, 0.25) is 0 Å². The van der Waals surface area contributed by atoms with Crippen LogP contribution in [0.3, 0.4) is 0 Å². The molecule has 1 heterocycles. The highest BCUT2D eigenvalue weighted by atomic mass is 15.3. The summed E-state index contributed by atoms with van der Waals surface area (Å²) in [5.74, 6) is 2.20. The van der Waals surface area contributed by atoms with E-state index in [0.717, 1.165) is 31.4 Å². The fourth-order valence-electron chi connectivity index (χ4n) is 8.21. The lowest BCUT2D eigenvalue weighted by Gasteiger charge is -2.34. The summed E-state index contributed by atoms with van der Waals surface area (Å²) in [7, 11) is 0. The van der Waals surface area contributed by atoms with E-state index >= 15 is 0 Å². The van der Waals surface area contributed by atoms with Gasteiger partial charge in [-0.3, -0.25) is 4.99 Å². The van der Waals surface area contributed by atoms with Crippen molar-refractivity contribution in [2.45, 2.75) is 165 Å². The van der Waals surface area contributed by atoms with Crippen LogP contribution in [0.15, 0.2) is 9.98 Å². The molecule has 0 radical (unpaired) electrons. The fourth-order valence-corrected chi connectivity index (χ4v) is 8.21. The molecule has 4 saturated carbocycles. The normalized spacial score (nSPS) is 24.6. The van der Waals surface area contributed by atoms with Crippen molar-refractivity contribution in [3.63, 3.8) is 0 Å². The molecule has 0 amide bonds. The van der Waals surface area contributed by atoms with E-state index in [1.807, 2.05) is 0 Å². The first-order valence-electron chi connectivity index (χ1n) is 19.4. The third-order valence-electron chi connectivity index (χ3n) is 11.0. The van der Waals surface area contributed by atoms with E-state index in [9.17, 15) is 0 Å². The Morgan fingerprint density at radius 3 is 1.43 bits per heavy atom. The summed E-state index contributed by atoms with van der Waals surface area (Å²) in [5.41, 5.74) is 0. The summed E-state index contributed by atoms with van der Waals surface area (Å²) in [6.45, 7) is 9.11. The monoisotopic (exact) mass is 613 g/mol. The Kier molecular flexibility index (Phi) is 15.3. The minimum atomic E-state index is 0.522. The Hall–Kier alpha value is -1.54. The fraction of sp³-hybridized carbons (Fsp3) is 0.944. The molecule has 8 heteroatoms. The molecule has 44 heavy (non-hydrogen) atoms. The van der Waals surface area contributed by atoms with E-state index in [2.05, 4.69) is 31.1 Å². The van der Waals surface area contributed by atoms with E-state index in [1.54, 1.807) is 0 Å². The molecule has 4 N–H and O–H groups in total. The quantitative estimate of drug-likeness (QED) is 0.127. The summed E-state index contributed by atoms with van der Waals surface area (Å²) in [6.07, 6.45) is 29.2. The number of rotatable bonds is 12. The first kappa shape index (κ1) is 33.8. The molecule has 0 unspecified atom stereocenters. The van der Waals surface area contributed by atoms with Gasteiger partial charge in [-0.15, -0.1) is 0 Å². The van der Waals surface area contributed by atoms with Crippen molar-refractivity contribution in [2.24, 2.45) is 9.98 Å². The molecule has 0 spiro atoms. The van der Waals surface area contributed by atoms with Gasteiger partial charge in [0.25, 0.3) is 0 Å². The van der Waals surface area contributed by atoms with Crippen LogP contribution in [0.25, 0.3) is 0 Å². The van der Waals surface area contributed by atoms with Crippen LogP contribution in [0.1, 0.15) is 141 Å². The average Bonchev–Trinajstić information content (AvgIpc) is 3.07. The van der Waals surface area contributed by atoms with E-state index in [4.69, 9.17) is 9.98 Å². The molecule has 0 aromatic heterocycles. The van der Waals surface area contributed by atoms with Gasteiger partial charge in [-0.1, -0.05) is 77.0 Å². The molecule has 5 fully saturated rings. The van der Waals surface area contributed by atoms with Crippen molar-refractivity contribution in [2.75, 3.05) is 52.4 Å². The van der Waals surface area contributed by atoms with Gasteiger partial charge < -0.3 is 31.1 Å². The molecule has 0 aromatic rings. The molecule has 1 saturated heterocycles. The molecule has 5 aliphatic rings. The molecule has 0 atom stereocenters. The first-order chi connectivity index (χ1) is 21.8. The van der Waals surface area contributed by atoms with Gasteiger partial charge in [-0.05, 0) is 70.8 Å². The van der Waals surface area contributed by atoms with Gasteiger partial charge in [0.1, 0.15) is 0 Å². The molecule has 252 valence electrons. The SMILES string of the molecule is C1CCC(N=C(NCCCN2CCN(CCCN=C(NC3CCCCC3)NC3CCCCC3)CC2)NC2CCCCC2)CC1. The number of guanidine groups is 2. The predicted octanol–water partition coefficient (Wildman–Crippen LogP) is 5.79. The van der Waals surface area contributed by atoms with Crippen LogP contribution in [-0.2, 0) is 0 Å². The van der Waals surface area contributed by atoms with Crippen molar-refractivity contribution in [3.8, 4) is 0 Å². The molecule has 8 nitrogen and oxygen atoms in total. The number of hydrogen-bond acceptors (Lipinski definition) is 4. The first-order valence-corrected chi connectivity index (χ1v) is 19.4. The third-order valence-corrected chi connectivity index (χ3v) is 11.0. The molecule has 0 aromatic carbocycles. The highest BCUT2D eigenvalue weighted by molar-refractivity contribution is 5.80. The number of nitrogens with one attached hydrogen (secondary N) is 4. The summed E-state index contributed by atoms with van der Waals surface area (Å²) in [5, 5.41) is 15.2. The van der Waals surface area contributed by atoms with E-state index in [1.165, 1.54) is 174 Å². The van der Waals surface area contributed by atoms with Gasteiger partial charge in [-0.25, -0.2) is 4.99 Å². The maximum Gasteiger partial charge on any atom is 0.191 e. The Morgan fingerprint density at radius 2 is 0.932 bits per heavy atom. The largest absolute Gasteiger partial charge is 0.356 e. The highest BCUT2D eigenvalue weighted by Gasteiger charge is 2.21. The minimum Gasteiger partial charge on any atom is -0.356 e. The van der Waals surface area contributed by atoms with Crippen molar-refractivity contribution in [3.05, 3.63) is 0 Å². The lowest BCUT2D eigenvalue weighted by Crippen LogP contribution is -2.49. The zero-order chi connectivity index (χ0) is 30.1. The van der Waals surface area contributed by atoms with Gasteiger partial charge in [0.2, 0.25) is 0 Å². The molecule has 0 bridgehead atoms. The Bertz CT molecular complexity index is 792. The van der Waals surface area contributed by atoms with Crippen molar-refractivity contribution in [1.29, 1.82) is 0 Å². The summed E-state index contributed by atoms with van der Waals surface area (Å²) < 4.78 is 0. The van der Waals surface area contributed by atoms with Gasteiger partial charge in [0.05, 0.1) is 6.04 Å². The second kappa shape index (κ2) is 19.9. The lowest BCUT2D eigenvalue weighted by molar-refractivity contribution is 0.131. The Labute approximate surface area is 270 Å². The second-order valence-electron chi connectivity index (χ2n) is 14.8. The Balaban J connectivity index is 0.966. The standard InChI is InChI=1S/C36H68N8/c1-5-15-31(16-6-1)39-35(40-32-17-7-2-8-18-32)37-23-13-25-43-27-29-44(30-28-43)26-14-24-38-36(41-33-19-9-3-10-20-33)42-34-21-11-4-12-22-34/h31-34H,1-30H2,(H2,37,39,40)(H2,38,41,42). The van der Waals surface area contributed by atoms with Gasteiger partial charge in [0, 0.05) is 63.9 Å². The van der Waals surface area contributed by atoms with Crippen LogP contribution < -0.4 is 21.3 Å². The topological polar surface area (TPSA) is 79.3 Å². The predicted molar refractivity (Wildman–Crippen MR) is 187 cm³/mol. The maximum atomic E-state index is 5.19. The van der Waals surface area contributed by atoms with Crippen LogP contribution in [0.5, 0.6) is 0 Å². The Morgan fingerprint density at radius 1 is 0.500 bits per heavy atom. The van der Waals surface area contributed by atoms with Crippen LogP contribution in [0, 0.1) is 0 Å². The number of aliphatic imine (C=N–C) groups is 2. The van der Waals surface area contributed by atoms with Crippen LogP contribution >= 0.6 is 0 Å². The minimum absolute atomic E-state index is 0.522. The van der Waals surface area contributed by atoms with Gasteiger partial charge >= 0.3 is 0 Å².